The highest BCUT2D eigenvalue weighted by atomic mass is 19.1. The molecule has 0 atom stereocenters. The Morgan fingerprint density at radius 2 is 1.17 bits per heavy atom. The Bertz CT molecular complexity index is 2840. The van der Waals surface area contributed by atoms with Gasteiger partial charge in [-0.15, -0.1) is 0 Å². The summed E-state index contributed by atoms with van der Waals surface area (Å²) in [4.78, 5) is 22.6. The van der Waals surface area contributed by atoms with E-state index in [-0.39, 0.29) is 43.7 Å². The molecule has 0 saturated carbocycles. The summed E-state index contributed by atoms with van der Waals surface area (Å²) in [6, 6.07) is 18.5. The first-order valence-electron chi connectivity index (χ1n) is 19.1. The molecule has 8 aromatic rings. The number of carboxylic acids is 2. The minimum atomic E-state index is -0.823. The lowest BCUT2D eigenvalue weighted by molar-refractivity contribution is -0.138. The van der Waals surface area contributed by atoms with Crippen molar-refractivity contribution in [1.29, 1.82) is 0 Å². The van der Waals surface area contributed by atoms with E-state index in [1.165, 1.54) is 12.1 Å². The summed E-state index contributed by atoms with van der Waals surface area (Å²) in [7, 11) is 1.90. The van der Waals surface area contributed by atoms with Crippen molar-refractivity contribution in [1.82, 2.24) is 29.1 Å². The highest BCUT2D eigenvalue weighted by Gasteiger charge is 2.24. The first kappa shape index (κ1) is 41.3. The van der Waals surface area contributed by atoms with Gasteiger partial charge in [-0.05, 0) is 121 Å². The van der Waals surface area contributed by atoms with E-state index in [0.29, 0.717) is 24.0 Å². The minimum Gasteiger partial charge on any atom is -0.481 e. The summed E-state index contributed by atoms with van der Waals surface area (Å²) in [5.41, 5.74) is 10.9. The molecule has 58 heavy (non-hydrogen) atoms. The minimum absolute atomic E-state index is 0. The number of aromatic nitrogens is 6. The van der Waals surface area contributed by atoms with Crippen molar-refractivity contribution in [2.45, 2.75) is 86.5 Å². The number of H-pyrrole nitrogens is 1. The van der Waals surface area contributed by atoms with Crippen LogP contribution in [-0.4, -0.2) is 51.3 Å². The number of rotatable bonds is 10. The van der Waals surface area contributed by atoms with Crippen molar-refractivity contribution in [3.63, 3.8) is 0 Å². The maximum atomic E-state index is 13.9. The molecule has 0 aliphatic carbocycles. The smallest absolute Gasteiger partial charge is 0.303 e. The van der Waals surface area contributed by atoms with E-state index in [4.69, 9.17) is 0 Å². The van der Waals surface area contributed by atoms with Gasteiger partial charge in [0, 0.05) is 64.2 Å². The van der Waals surface area contributed by atoms with Gasteiger partial charge in [-0.3, -0.25) is 19.4 Å². The number of aliphatic carboxylic acids is 2. The quantitative estimate of drug-likeness (QED) is 0.126. The zero-order chi connectivity index (χ0) is 40.9. The molecule has 0 amide bonds. The molecule has 12 heteroatoms. The zero-order valence-electron chi connectivity index (χ0n) is 33.1. The number of fused-ring (bicyclic) bond motifs is 4. The van der Waals surface area contributed by atoms with Gasteiger partial charge in [0.15, 0.2) is 0 Å². The van der Waals surface area contributed by atoms with E-state index >= 15 is 0 Å². The second kappa shape index (κ2) is 16.3. The van der Waals surface area contributed by atoms with Gasteiger partial charge in [-0.25, -0.2) is 8.78 Å². The molecular weight excluding hydrogens is 739 g/mol. The largest absolute Gasteiger partial charge is 0.481 e. The van der Waals surface area contributed by atoms with Gasteiger partial charge in [0.1, 0.15) is 11.6 Å². The van der Waals surface area contributed by atoms with Crippen LogP contribution in [0.1, 0.15) is 93.4 Å². The van der Waals surface area contributed by atoms with Gasteiger partial charge < -0.3 is 19.3 Å². The van der Waals surface area contributed by atoms with Crippen molar-refractivity contribution in [2.75, 3.05) is 0 Å². The molecular formula is C46H50F2N6O4. The molecule has 3 N–H and O–H groups in total. The molecule has 0 aliphatic heterocycles. The number of nitrogens with one attached hydrogen (secondary N) is 1. The molecule has 10 nitrogen and oxygen atoms in total. The average molecular weight is 789 g/mol. The van der Waals surface area contributed by atoms with Crippen LogP contribution >= 0.6 is 0 Å². The van der Waals surface area contributed by atoms with Crippen molar-refractivity contribution in [3.05, 3.63) is 118 Å². The Labute approximate surface area is 335 Å². The summed E-state index contributed by atoms with van der Waals surface area (Å²) in [6.07, 6.45) is 4.59. The highest BCUT2D eigenvalue weighted by molar-refractivity contribution is 6.00. The topological polar surface area (TPSA) is 131 Å². The summed E-state index contributed by atoms with van der Waals surface area (Å²) in [5, 5.41) is 34.0. The number of aryl methyl sites for hydroxylation is 5. The Balaban J connectivity index is 0.000000192. The van der Waals surface area contributed by atoms with Gasteiger partial charge >= 0.3 is 11.9 Å². The van der Waals surface area contributed by atoms with Crippen LogP contribution < -0.4 is 0 Å². The first-order valence-corrected chi connectivity index (χ1v) is 19.1. The zero-order valence-corrected chi connectivity index (χ0v) is 33.1. The lowest BCUT2D eigenvalue weighted by atomic mass is 9.99. The molecule has 0 spiro atoms. The van der Waals surface area contributed by atoms with Crippen molar-refractivity contribution >= 4 is 55.6 Å². The summed E-state index contributed by atoms with van der Waals surface area (Å²) in [6.45, 7) is 11.9. The predicted molar refractivity (Wildman–Crippen MR) is 227 cm³/mol. The summed E-state index contributed by atoms with van der Waals surface area (Å²) < 4.78 is 33.9. The van der Waals surface area contributed by atoms with Crippen LogP contribution in [0, 0.1) is 25.5 Å². The van der Waals surface area contributed by atoms with Crippen LogP contribution in [0.15, 0.2) is 73.1 Å². The molecule has 0 fully saturated rings. The third kappa shape index (κ3) is 7.58. The van der Waals surface area contributed by atoms with E-state index in [1.54, 1.807) is 32.2 Å². The Hall–Kier alpha value is -6.30. The number of hydrogen-bond donors (Lipinski definition) is 3. The van der Waals surface area contributed by atoms with Crippen molar-refractivity contribution in [3.8, 4) is 11.4 Å². The van der Waals surface area contributed by atoms with Crippen LogP contribution in [0.25, 0.3) is 55.0 Å². The fourth-order valence-corrected chi connectivity index (χ4v) is 8.12. The number of carbonyl (C=O) groups is 2. The van der Waals surface area contributed by atoms with E-state index in [1.807, 2.05) is 36.1 Å². The number of nitrogens with zero attached hydrogens (tertiary/aromatic N) is 5. The van der Waals surface area contributed by atoms with Crippen LogP contribution in [0.5, 0.6) is 0 Å². The van der Waals surface area contributed by atoms with E-state index < -0.39 is 11.9 Å². The van der Waals surface area contributed by atoms with Gasteiger partial charge in [-0.1, -0.05) is 35.1 Å². The monoisotopic (exact) mass is 788 g/mol. The molecule has 4 heterocycles. The maximum Gasteiger partial charge on any atom is 0.303 e. The maximum absolute atomic E-state index is 13.9. The molecule has 4 aromatic heterocycles. The van der Waals surface area contributed by atoms with E-state index in [0.717, 1.165) is 77.5 Å². The average Bonchev–Trinajstić information content (AvgIpc) is 3.92. The van der Waals surface area contributed by atoms with Crippen LogP contribution in [-0.2, 0) is 29.5 Å². The van der Waals surface area contributed by atoms with Crippen molar-refractivity contribution in [2.24, 2.45) is 7.05 Å². The molecule has 0 bridgehead atoms. The van der Waals surface area contributed by atoms with Crippen LogP contribution in [0.4, 0.5) is 8.78 Å². The lowest BCUT2D eigenvalue weighted by Crippen LogP contribution is -2.06. The van der Waals surface area contributed by atoms with Crippen LogP contribution in [0.2, 0.25) is 0 Å². The highest BCUT2D eigenvalue weighted by Crippen LogP contribution is 2.39. The van der Waals surface area contributed by atoms with E-state index in [2.05, 4.69) is 70.3 Å². The molecule has 0 saturated heterocycles. The number of benzene rings is 4. The Morgan fingerprint density at radius 1 is 0.690 bits per heavy atom. The molecule has 302 valence electrons. The van der Waals surface area contributed by atoms with Gasteiger partial charge in [0.05, 0.1) is 34.5 Å². The molecule has 0 unspecified atom stereocenters. The fourth-order valence-electron chi connectivity index (χ4n) is 8.12. The van der Waals surface area contributed by atoms with Crippen molar-refractivity contribution < 1.29 is 28.6 Å². The summed E-state index contributed by atoms with van der Waals surface area (Å²) >= 11 is 0. The Kier molecular flexibility index (Phi) is 11.6. The summed E-state index contributed by atoms with van der Waals surface area (Å²) in [5.74, 6) is -1.79. The normalized spacial score (nSPS) is 11.6. The molecule has 0 aliphatic rings. The Morgan fingerprint density at radius 3 is 1.64 bits per heavy atom. The number of carboxylic acid groups (broad SMARTS) is 2. The molecule has 0 radical (unpaired) electrons. The third-order valence-corrected chi connectivity index (χ3v) is 10.7. The SMILES string of the molecule is C.Cc1cc(-n2c(C(C)C)c(CCC(=O)O)c3cc4[nH]ncc4cc32)ccc1F.Cc1cc(-n2c(C(C)C)c(CCC(=O)O)c3cc4c(cnn4C)cc32)ccc1F. The number of aromatic amines is 1. The van der Waals surface area contributed by atoms with Gasteiger partial charge in [0.2, 0.25) is 0 Å². The third-order valence-electron chi connectivity index (χ3n) is 10.7. The van der Waals surface area contributed by atoms with Gasteiger partial charge in [-0.2, -0.15) is 10.2 Å². The molecule has 4 aromatic carbocycles. The second-order valence-electron chi connectivity index (χ2n) is 15.4. The molecule has 8 rings (SSSR count). The van der Waals surface area contributed by atoms with Crippen LogP contribution in [0.3, 0.4) is 0 Å². The fraction of sp³-hybridized carbons (Fsp3) is 0.304. The second-order valence-corrected chi connectivity index (χ2v) is 15.4. The lowest BCUT2D eigenvalue weighted by Gasteiger charge is -2.16. The first-order chi connectivity index (χ1) is 27.1. The van der Waals surface area contributed by atoms with Gasteiger partial charge in [0.25, 0.3) is 0 Å². The van der Waals surface area contributed by atoms with E-state index in [9.17, 15) is 28.6 Å². The number of hydrogen-bond acceptors (Lipinski definition) is 4. The number of halogens is 2. The standard InChI is InChI=1S/C23H24FN3O2.C22H22FN3O2.CH4/c1-13(2)23-17(6-8-22(28)29)18-11-20-15(12-25-26(20)4)10-21(18)27(23)16-5-7-19(24)14(3)9-16;1-12(2)22-16(5-7-21(27)28)17-10-19-14(11-24-25-19)9-20(17)26(22)15-4-6-18(23)13(3)8-15;/h5,7,9-13H,6,8H2,1-4H3,(H,28,29);4,6,8-12H,5,7H2,1-3H3,(H,24,25)(H,27,28);1H4. The predicted octanol–water partition coefficient (Wildman–Crippen LogP) is 10.8.